The van der Waals surface area contributed by atoms with Crippen molar-refractivity contribution in [3.8, 4) is 0 Å². The molecular weight excluding hydrogens is 296 g/mol. The normalized spacial score (nSPS) is 16.1. The Bertz CT molecular complexity index is 624. The molecule has 0 radical (unpaired) electrons. The van der Waals surface area contributed by atoms with Gasteiger partial charge in [0.05, 0.1) is 11.3 Å². The zero-order valence-electron chi connectivity index (χ0n) is 10.9. The molecule has 2 aromatic rings. The number of nitrogens with zero attached hydrogens (tertiary/aromatic N) is 4. The second-order valence-corrected chi connectivity index (χ2v) is 6.51. The molecule has 5 nitrogen and oxygen atoms in total. The van der Waals surface area contributed by atoms with Crippen LogP contribution >= 0.6 is 23.4 Å². The van der Waals surface area contributed by atoms with Gasteiger partial charge in [-0.3, -0.25) is 4.79 Å². The van der Waals surface area contributed by atoms with Gasteiger partial charge in [-0.25, -0.2) is 4.68 Å². The van der Waals surface area contributed by atoms with E-state index in [0.29, 0.717) is 21.8 Å². The Kier molecular flexibility index (Phi) is 3.76. The highest BCUT2D eigenvalue weighted by molar-refractivity contribution is 8.00. The van der Waals surface area contributed by atoms with Gasteiger partial charge < -0.3 is 0 Å². The lowest BCUT2D eigenvalue weighted by molar-refractivity contribution is 0.0994. The third kappa shape index (κ3) is 2.86. The number of halogens is 1. The number of ketones is 1. The van der Waals surface area contributed by atoms with E-state index in [4.69, 9.17) is 11.6 Å². The molecule has 1 aliphatic rings. The zero-order chi connectivity index (χ0) is 14.1. The van der Waals surface area contributed by atoms with Gasteiger partial charge in [-0.05, 0) is 54.5 Å². The van der Waals surface area contributed by atoms with Crippen LogP contribution in [0, 0.1) is 0 Å². The van der Waals surface area contributed by atoms with Crippen LogP contribution in [0.3, 0.4) is 0 Å². The van der Waals surface area contributed by atoms with E-state index < -0.39 is 0 Å². The third-order valence-corrected chi connectivity index (χ3v) is 4.43. The number of aromatic nitrogens is 4. The highest BCUT2D eigenvalue weighted by Gasteiger charge is 2.29. The van der Waals surface area contributed by atoms with Crippen LogP contribution in [0.2, 0.25) is 5.02 Å². The van der Waals surface area contributed by atoms with Crippen LogP contribution in [0.5, 0.6) is 0 Å². The SMILES string of the molecule is CC(Sc1nnnn1C1CC1)C(=O)c1ccc(Cl)cc1. The summed E-state index contributed by atoms with van der Waals surface area (Å²) in [4.78, 5) is 12.3. The second-order valence-electron chi connectivity index (χ2n) is 4.77. The summed E-state index contributed by atoms with van der Waals surface area (Å²) in [6.45, 7) is 1.87. The average molecular weight is 309 g/mol. The summed E-state index contributed by atoms with van der Waals surface area (Å²) >= 11 is 7.22. The van der Waals surface area contributed by atoms with E-state index >= 15 is 0 Å². The predicted molar refractivity (Wildman–Crippen MR) is 77.2 cm³/mol. The van der Waals surface area contributed by atoms with Crippen LogP contribution in [-0.2, 0) is 0 Å². The Labute approximate surface area is 125 Å². The van der Waals surface area contributed by atoms with Gasteiger partial charge in [-0.2, -0.15) is 0 Å². The zero-order valence-corrected chi connectivity index (χ0v) is 12.4. The first kappa shape index (κ1) is 13.6. The van der Waals surface area contributed by atoms with Gasteiger partial charge in [0.2, 0.25) is 5.16 Å². The Hall–Kier alpha value is -1.40. The van der Waals surface area contributed by atoms with Gasteiger partial charge in [0, 0.05) is 10.6 Å². The van der Waals surface area contributed by atoms with E-state index in [1.807, 2.05) is 11.6 Å². The molecule has 1 saturated carbocycles. The van der Waals surface area contributed by atoms with Crippen LogP contribution in [0.4, 0.5) is 0 Å². The van der Waals surface area contributed by atoms with E-state index in [9.17, 15) is 4.79 Å². The number of tetrazole rings is 1. The minimum Gasteiger partial charge on any atom is -0.293 e. The first-order chi connectivity index (χ1) is 9.65. The van der Waals surface area contributed by atoms with Crippen LogP contribution in [0.1, 0.15) is 36.2 Å². The molecule has 0 bridgehead atoms. The summed E-state index contributed by atoms with van der Waals surface area (Å²) in [6.07, 6.45) is 2.22. The quantitative estimate of drug-likeness (QED) is 0.627. The molecule has 1 unspecified atom stereocenters. The molecular formula is C13H13ClN4OS. The average Bonchev–Trinajstić information content (AvgIpc) is 3.19. The number of hydrogen-bond acceptors (Lipinski definition) is 5. The van der Waals surface area contributed by atoms with Crippen LogP contribution in [0.15, 0.2) is 29.4 Å². The molecule has 1 atom stereocenters. The lowest BCUT2D eigenvalue weighted by atomic mass is 10.1. The van der Waals surface area contributed by atoms with Crippen molar-refractivity contribution >= 4 is 29.1 Å². The first-order valence-electron chi connectivity index (χ1n) is 6.39. The molecule has 1 aromatic carbocycles. The standard InChI is InChI=1S/C13H13ClN4OS/c1-8(12(19)9-2-4-10(14)5-3-9)20-13-15-16-17-18(13)11-6-7-11/h2-5,8,11H,6-7H2,1H3. The van der Waals surface area contributed by atoms with Crippen LogP contribution in [0.25, 0.3) is 0 Å². The monoisotopic (exact) mass is 308 g/mol. The molecule has 0 saturated heterocycles. The number of carbonyl (C=O) groups is 1. The van der Waals surface area contributed by atoms with Crippen LogP contribution in [-0.4, -0.2) is 31.2 Å². The largest absolute Gasteiger partial charge is 0.293 e. The number of Topliss-reactive ketones (excluding diaryl/α,β-unsaturated/α-hetero) is 1. The highest BCUT2D eigenvalue weighted by Crippen LogP contribution is 2.37. The van der Waals surface area contributed by atoms with Gasteiger partial charge in [0.1, 0.15) is 0 Å². The van der Waals surface area contributed by atoms with Gasteiger partial charge in [0.15, 0.2) is 5.78 Å². The summed E-state index contributed by atoms with van der Waals surface area (Å²) in [5.41, 5.74) is 0.653. The summed E-state index contributed by atoms with van der Waals surface area (Å²) in [5, 5.41) is 12.8. The van der Waals surface area contributed by atoms with E-state index in [1.165, 1.54) is 11.8 Å². The van der Waals surface area contributed by atoms with Crippen molar-refractivity contribution < 1.29 is 4.79 Å². The summed E-state index contributed by atoms with van der Waals surface area (Å²) in [5.74, 6) is 0.0528. The summed E-state index contributed by atoms with van der Waals surface area (Å²) in [7, 11) is 0. The number of rotatable bonds is 5. The molecule has 1 heterocycles. The summed E-state index contributed by atoms with van der Waals surface area (Å²) in [6, 6.07) is 7.34. The van der Waals surface area contributed by atoms with Crippen molar-refractivity contribution in [1.82, 2.24) is 20.2 Å². The lowest BCUT2D eigenvalue weighted by Crippen LogP contribution is -2.14. The summed E-state index contributed by atoms with van der Waals surface area (Å²) < 4.78 is 1.82. The molecule has 20 heavy (non-hydrogen) atoms. The van der Waals surface area contributed by atoms with Crippen LogP contribution < -0.4 is 0 Å². The van der Waals surface area contributed by atoms with Gasteiger partial charge in [-0.1, -0.05) is 23.4 Å². The van der Waals surface area contributed by atoms with E-state index in [-0.39, 0.29) is 11.0 Å². The van der Waals surface area contributed by atoms with Gasteiger partial charge in [0.25, 0.3) is 0 Å². The topological polar surface area (TPSA) is 60.7 Å². The van der Waals surface area contributed by atoms with Crippen molar-refractivity contribution in [2.45, 2.75) is 36.2 Å². The smallest absolute Gasteiger partial charge is 0.210 e. The lowest BCUT2D eigenvalue weighted by Gasteiger charge is -2.09. The minimum atomic E-state index is -0.236. The Morgan fingerprint density at radius 2 is 2.10 bits per heavy atom. The molecule has 0 amide bonds. The molecule has 1 fully saturated rings. The van der Waals surface area contributed by atoms with Gasteiger partial charge >= 0.3 is 0 Å². The predicted octanol–water partition coefficient (Wildman–Crippen LogP) is 3.02. The molecule has 1 aromatic heterocycles. The van der Waals surface area contributed by atoms with Gasteiger partial charge in [-0.15, -0.1) is 5.10 Å². The number of benzene rings is 1. The highest BCUT2D eigenvalue weighted by atomic mass is 35.5. The maximum Gasteiger partial charge on any atom is 0.210 e. The van der Waals surface area contributed by atoms with Crippen molar-refractivity contribution in [2.75, 3.05) is 0 Å². The fourth-order valence-electron chi connectivity index (χ4n) is 1.87. The number of thioether (sulfide) groups is 1. The first-order valence-corrected chi connectivity index (χ1v) is 7.65. The van der Waals surface area contributed by atoms with Crippen molar-refractivity contribution in [3.63, 3.8) is 0 Å². The second kappa shape index (κ2) is 5.54. The van der Waals surface area contributed by atoms with Crippen molar-refractivity contribution in [3.05, 3.63) is 34.9 Å². The van der Waals surface area contributed by atoms with E-state index in [0.717, 1.165) is 12.8 Å². The van der Waals surface area contributed by atoms with Crippen molar-refractivity contribution in [2.24, 2.45) is 0 Å². The molecule has 0 N–H and O–H groups in total. The molecule has 3 rings (SSSR count). The molecule has 7 heteroatoms. The number of hydrogen-bond donors (Lipinski definition) is 0. The molecule has 0 spiro atoms. The maximum atomic E-state index is 12.3. The Morgan fingerprint density at radius 1 is 1.40 bits per heavy atom. The number of carbonyl (C=O) groups excluding carboxylic acids is 1. The fraction of sp³-hybridized carbons (Fsp3) is 0.385. The molecule has 104 valence electrons. The Balaban J connectivity index is 1.72. The fourth-order valence-corrected chi connectivity index (χ4v) is 2.93. The Morgan fingerprint density at radius 3 is 2.75 bits per heavy atom. The van der Waals surface area contributed by atoms with Crippen molar-refractivity contribution in [1.29, 1.82) is 0 Å². The molecule has 0 aliphatic heterocycles. The van der Waals surface area contributed by atoms with E-state index in [2.05, 4.69) is 15.5 Å². The maximum absolute atomic E-state index is 12.3. The molecule has 1 aliphatic carbocycles. The van der Waals surface area contributed by atoms with E-state index in [1.54, 1.807) is 24.3 Å². The minimum absolute atomic E-state index is 0.0528. The third-order valence-electron chi connectivity index (χ3n) is 3.14.